The second-order valence-electron chi connectivity index (χ2n) is 8.14. The summed E-state index contributed by atoms with van der Waals surface area (Å²) in [5.41, 5.74) is 11.5. The Hall–Kier alpha value is -3.00. The van der Waals surface area contributed by atoms with Crippen LogP contribution >= 0.6 is 0 Å². The van der Waals surface area contributed by atoms with Crippen LogP contribution in [0.1, 0.15) is 23.1 Å². The molecule has 4 heterocycles. The number of rotatable bonds is 0. The summed E-state index contributed by atoms with van der Waals surface area (Å²) in [6, 6.07) is 22.5. The summed E-state index contributed by atoms with van der Waals surface area (Å²) >= 11 is 0. The van der Waals surface area contributed by atoms with Crippen LogP contribution in [0.4, 0.5) is 0 Å². The fourth-order valence-electron chi connectivity index (χ4n) is 5.30. The molecule has 2 nitrogen and oxygen atoms in total. The van der Waals surface area contributed by atoms with Gasteiger partial charge in [-0.1, -0.05) is 18.2 Å². The van der Waals surface area contributed by atoms with E-state index in [0.717, 1.165) is 25.9 Å². The zero-order valence-corrected chi connectivity index (χ0v) is 16.3. The Bertz CT molecular complexity index is 1250. The molecule has 0 atom stereocenters. The third kappa shape index (κ3) is 2.21. The smallest absolute Gasteiger partial charge is 0.198 e. The summed E-state index contributed by atoms with van der Waals surface area (Å²) in [7, 11) is 0. The highest BCUT2D eigenvalue weighted by molar-refractivity contribution is 5.86. The highest BCUT2D eigenvalue weighted by Crippen LogP contribution is 2.40. The van der Waals surface area contributed by atoms with Crippen LogP contribution in [0.2, 0.25) is 0 Å². The minimum atomic E-state index is 1.07. The van der Waals surface area contributed by atoms with Crippen molar-refractivity contribution in [1.82, 2.24) is 0 Å². The van der Waals surface area contributed by atoms with Gasteiger partial charge in [0.2, 0.25) is 16.9 Å². The van der Waals surface area contributed by atoms with Crippen molar-refractivity contribution in [3.8, 4) is 22.5 Å². The first-order chi connectivity index (χ1) is 13.8. The van der Waals surface area contributed by atoms with Crippen LogP contribution in [0.5, 0.6) is 0 Å². The standard InChI is InChI=1S/C26H24N2/c1-18-17-20-8-6-15-28-22-9-3-2-7-19(22)11-12-24(28)25(20)26-21(18)13-16-27-14-5-4-10-23(26)27/h2-5,7,9-12,14,17H,6,8,13,15-16H2,1H3/q+2. The number of nitrogens with zero attached hydrogens (tertiary/aromatic N) is 2. The zero-order valence-electron chi connectivity index (χ0n) is 16.3. The molecule has 0 unspecified atom stereocenters. The predicted molar refractivity (Wildman–Crippen MR) is 112 cm³/mol. The molecule has 6 rings (SSSR count). The molecule has 28 heavy (non-hydrogen) atoms. The predicted octanol–water partition coefficient (Wildman–Crippen LogP) is 4.56. The molecular weight excluding hydrogens is 340 g/mol. The molecule has 0 amide bonds. The van der Waals surface area contributed by atoms with Crippen LogP contribution in [-0.2, 0) is 25.9 Å². The van der Waals surface area contributed by atoms with Crippen molar-refractivity contribution in [2.24, 2.45) is 0 Å². The maximum Gasteiger partial charge on any atom is 0.214 e. The van der Waals surface area contributed by atoms with E-state index in [1.807, 2.05) is 0 Å². The SMILES string of the molecule is Cc1cc2c(c3c1CC[n+]1ccccc1-3)-c1ccc3ccccc3[n+]1CCC2. The van der Waals surface area contributed by atoms with Crippen LogP contribution in [0.15, 0.2) is 66.9 Å². The van der Waals surface area contributed by atoms with E-state index in [1.165, 1.54) is 56.5 Å². The molecule has 0 radical (unpaired) electrons. The van der Waals surface area contributed by atoms with E-state index in [2.05, 4.69) is 82.9 Å². The van der Waals surface area contributed by atoms with E-state index in [0.29, 0.717) is 0 Å². The lowest BCUT2D eigenvalue weighted by molar-refractivity contribution is -0.687. The normalized spacial score (nSPS) is 14.6. The summed E-state index contributed by atoms with van der Waals surface area (Å²) in [5, 5.41) is 1.32. The highest BCUT2D eigenvalue weighted by Gasteiger charge is 2.33. The van der Waals surface area contributed by atoms with Gasteiger partial charge < -0.3 is 0 Å². The van der Waals surface area contributed by atoms with E-state index in [1.54, 1.807) is 0 Å². The lowest BCUT2D eigenvalue weighted by Gasteiger charge is -2.21. The summed E-state index contributed by atoms with van der Waals surface area (Å²) < 4.78 is 4.98. The number of hydrogen-bond donors (Lipinski definition) is 0. The molecule has 0 bridgehead atoms. The van der Waals surface area contributed by atoms with E-state index >= 15 is 0 Å². The topological polar surface area (TPSA) is 7.76 Å². The van der Waals surface area contributed by atoms with Crippen molar-refractivity contribution >= 4 is 10.9 Å². The minimum absolute atomic E-state index is 1.07. The maximum absolute atomic E-state index is 2.55. The van der Waals surface area contributed by atoms with Crippen LogP contribution in [-0.4, -0.2) is 0 Å². The van der Waals surface area contributed by atoms with Gasteiger partial charge in [0.15, 0.2) is 12.7 Å². The van der Waals surface area contributed by atoms with Gasteiger partial charge >= 0.3 is 0 Å². The largest absolute Gasteiger partial charge is 0.214 e. The molecule has 0 N–H and O–H groups in total. The molecule has 2 aromatic heterocycles. The average Bonchev–Trinajstić information content (AvgIpc) is 2.92. The third-order valence-electron chi connectivity index (χ3n) is 6.56. The molecule has 0 fully saturated rings. The number of hydrogen-bond acceptors (Lipinski definition) is 0. The van der Waals surface area contributed by atoms with Crippen LogP contribution in [0.3, 0.4) is 0 Å². The molecule has 2 aromatic carbocycles. The number of para-hydroxylation sites is 1. The average molecular weight is 364 g/mol. The van der Waals surface area contributed by atoms with E-state index < -0.39 is 0 Å². The second kappa shape index (κ2) is 6.00. The van der Waals surface area contributed by atoms with E-state index in [4.69, 9.17) is 0 Å². The second-order valence-corrected chi connectivity index (χ2v) is 8.14. The van der Waals surface area contributed by atoms with Crippen molar-refractivity contribution in [3.63, 3.8) is 0 Å². The Balaban J connectivity index is 1.76. The first-order valence-corrected chi connectivity index (χ1v) is 10.4. The number of aromatic nitrogens is 2. The van der Waals surface area contributed by atoms with Gasteiger partial charge in [-0.2, -0.15) is 9.13 Å². The fraction of sp³-hybridized carbons (Fsp3) is 0.231. The maximum atomic E-state index is 2.55. The molecule has 2 aliphatic heterocycles. The van der Waals surface area contributed by atoms with E-state index in [-0.39, 0.29) is 0 Å². The van der Waals surface area contributed by atoms with E-state index in [9.17, 15) is 0 Å². The van der Waals surface area contributed by atoms with Gasteiger partial charge in [0.1, 0.15) is 6.54 Å². The zero-order chi connectivity index (χ0) is 18.7. The number of pyridine rings is 2. The Morgan fingerprint density at radius 2 is 1.68 bits per heavy atom. The van der Waals surface area contributed by atoms with Gasteiger partial charge in [-0.15, -0.1) is 0 Å². The quantitative estimate of drug-likeness (QED) is 0.404. The Kier molecular flexibility index (Phi) is 3.43. The molecule has 2 heteroatoms. The van der Waals surface area contributed by atoms with Gasteiger partial charge in [-0.05, 0) is 48.2 Å². The lowest BCUT2D eigenvalue weighted by Crippen LogP contribution is -2.41. The van der Waals surface area contributed by atoms with Crippen LogP contribution < -0.4 is 9.13 Å². The number of fused-ring (bicyclic) bond motifs is 9. The third-order valence-corrected chi connectivity index (χ3v) is 6.56. The number of aryl methyl sites for hydroxylation is 4. The Labute approximate surface area is 165 Å². The molecule has 4 aromatic rings. The van der Waals surface area contributed by atoms with Crippen molar-refractivity contribution in [2.75, 3.05) is 0 Å². The summed E-state index contributed by atoms with van der Waals surface area (Å²) in [5.74, 6) is 0. The summed E-state index contributed by atoms with van der Waals surface area (Å²) in [6.45, 7) is 4.45. The molecule has 0 aliphatic carbocycles. The monoisotopic (exact) mass is 364 g/mol. The highest BCUT2D eigenvalue weighted by atomic mass is 15.0. The molecule has 0 spiro atoms. The Morgan fingerprint density at radius 3 is 2.64 bits per heavy atom. The van der Waals surface area contributed by atoms with Crippen molar-refractivity contribution < 1.29 is 9.13 Å². The summed E-state index contributed by atoms with van der Waals surface area (Å²) in [4.78, 5) is 0. The van der Waals surface area contributed by atoms with Gasteiger partial charge in [-0.3, -0.25) is 0 Å². The summed E-state index contributed by atoms with van der Waals surface area (Å²) in [6.07, 6.45) is 5.68. The molecule has 2 aliphatic rings. The van der Waals surface area contributed by atoms with Crippen molar-refractivity contribution in [3.05, 3.63) is 83.6 Å². The molecule has 0 saturated heterocycles. The van der Waals surface area contributed by atoms with Gasteiger partial charge in [-0.25, -0.2) is 0 Å². The molecule has 136 valence electrons. The number of benzene rings is 2. The van der Waals surface area contributed by atoms with Gasteiger partial charge in [0.05, 0.1) is 11.1 Å². The first kappa shape index (κ1) is 16.0. The van der Waals surface area contributed by atoms with Gasteiger partial charge in [0.25, 0.3) is 0 Å². The molecule has 0 saturated carbocycles. The fourth-order valence-corrected chi connectivity index (χ4v) is 5.30. The Morgan fingerprint density at radius 1 is 0.786 bits per heavy atom. The van der Waals surface area contributed by atoms with Gasteiger partial charge in [0, 0.05) is 42.5 Å². The molecular formula is C26H24N2+2. The van der Waals surface area contributed by atoms with Crippen LogP contribution in [0.25, 0.3) is 33.4 Å². The van der Waals surface area contributed by atoms with Crippen LogP contribution in [0, 0.1) is 6.92 Å². The first-order valence-electron chi connectivity index (χ1n) is 10.4. The minimum Gasteiger partial charge on any atom is -0.198 e. The van der Waals surface area contributed by atoms with Crippen molar-refractivity contribution in [2.45, 2.75) is 39.3 Å². The lowest BCUT2D eigenvalue weighted by atomic mass is 9.84. The van der Waals surface area contributed by atoms with Crippen molar-refractivity contribution in [1.29, 1.82) is 0 Å².